The quantitative estimate of drug-likeness (QED) is 0.895. The first kappa shape index (κ1) is 14.6. The maximum atomic E-state index is 6.06. The van der Waals surface area contributed by atoms with Gasteiger partial charge in [0.15, 0.2) is 0 Å². The van der Waals surface area contributed by atoms with E-state index in [-0.39, 0.29) is 0 Å². The molecule has 1 aromatic rings. The molecule has 0 bridgehead atoms. The average Bonchev–Trinajstić information content (AvgIpc) is 2.41. The van der Waals surface area contributed by atoms with Crippen molar-refractivity contribution in [2.75, 3.05) is 13.1 Å². The average molecular weight is 283 g/mol. The largest absolute Gasteiger partial charge is 0.490 e. The van der Waals surface area contributed by atoms with Gasteiger partial charge in [0.2, 0.25) is 0 Å². The molecule has 1 aliphatic rings. The number of benzene rings is 1. The Morgan fingerprint density at radius 2 is 2.26 bits per heavy atom. The second-order valence-corrected chi connectivity index (χ2v) is 5.43. The maximum absolute atomic E-state index is 6.06. The predicted octanol–water partition coefficient (Wildman–Crippen LogP) is 3.49. The highest BCUT2D eigenvalue weighted by Crippen LogP contribution is 2.25. The minimum Gasteiger partial charge on any atom is -0.490 e. The van der Waals surface area contributed by atoms with E-state index in [9.17, 15) is 0 Å². The van der Waals surface area contributed by atoms with Crippen molar-refractivity contribution in [1.29, 1.82) is 0 Å². The fraction of sp³-hybridized carbons (Fsp3) is 0.600. The van der Waals surface area contributed by atoms with Gasteiger partial charge in [-0.15, -0.1) is 0 Å². The molecule has 0 radical (unpaired) electrons. The third-order valence-corrected chi connectivity index (χ3v) is 3.83. The molecule has 4 heteroatoms. The number of hydrazine groups is 1. The Morgan fingerprint density at radius 1 is 1.42 bits per heavy atom. The SMILES string of the molecule is CCNN1CCC(Oc2cccc(Cl)c2)CC1CC. The summed E-state index contributed by atoms with van der Waals surface area (Å²) in [5.41, 5.74) is 3.44. The van der Waals surface area contributed by atoms with Gasteiger partial charge in [0.05, 0.1) is 0 Å². The summed E-state index contributed by atoms with van der Waals surface area (Å²) in [7, 11) is 0. The minimum absolute atomic E-state index is 0.290. The zero-order valence-electron chi connectivity index (χ0n) is 11.7. The Balaban J connectivity index is 1.92. The van der Waals surface area contributed by atoms with E-state index in [0.29, 0.717) is 12.1 Å². The summed E-state index contributed by atoms with van der Waals surface area (Å²) >= 11 is 5.98. The van der Waals surface area contributed by atoms with E-state index in [4.69, 9.17) is 16.3 Å². The smallest absolute Gasteiger partial charge is 0.121 e. The number of nitrogens with one attached hydrogen (secondary N) is 1. The summed E-state index contributed by atoms with van der Waals surface area (Å²) in [6.45, 7) is 6.39. The number of ether oxygens (including phenoxy) is 1. The Morgan fingerprint density at radius 3 is 2.95 bits per heavy atom. The zero-order chi connectivity index (χ0) is 13.7. The van der Waals surface area contributed by atoms with Crippen LogP contribution >= 0.6 is 11.6 Å². The van der Waals surface area contributed by atoms with Crippen LogP contribution in [0.15, 0.2) is 24.3 Å². The molecule has 1 aromatic carbocycles. The highest BCUT2D eigenvalue weighted by Gasteiger charge is 2.28. The molecule has 0 amide bonds. The molecule has 1 heterocycles. The summed E-state index contributed by atoms with van der Waals surface area (Å²) in [5, 5.41) is 3.09. The van der Waals surface area contributed by atoms with Gasteiger partial charge in [-0.2, -0.15) is 0 Å². The molecule has 2 rings (SSSR count). The lowest BCUT2D eigenvalue weighted by molar-refractivity contribution is 0.0220. The normalized spacial score (nSPS) is 24.4. The van der Waals surface area contributed by atoms with Gasteiger partial charge in [-0.05, 0) is 31.0 Å². The lowest BCUT2D eigenvalue weighted by atomic mass is 9.99. The standard InChI is InChI=1S/C15H23ClN2O/c1-3-13-11-15(8-9-18(13)17-4-2)19-14-7-5-6-12(16)10-14/h5-7,10,13,15,17H,3-4,8-9,11H2,1-2H3. The van der Waals surface area contributed by atoms with Crippen LogP contribution in [-0.4, -0.2) is 30.2 Å². The molecule has 1 N–H and O–H groups in total. The Hall–Kier alpha value is -0.770. The molecule has 19 heavy (non-hydrogen) atoms. The molecule has 0 aromatic heterocycles. The zero-order valence-corrected chi connectivity index (χ0v) is 12.5. The molecule has 2 unspecified atom stereocenters. The van der Waals surface area contributed by atoms with Crippen molar-refractivity contribution in [3.05, 3.63) is 29.3 Å². The van der Waals surface area contributed by atoms with Crippen molar-refractivity contribution in [1.82, 2.24) is 10.4 Å². The molecular formula is C15H23ClN2O. The van der Waals surface area contributed by atoms with Crippen molar-refractivity contribution in [3.63, 3.8) is 0 Å². The number of nitrogens with zero attached hydrogens (tertiary/aromatic N) is 1. The molecule has 0 spiro atoms. The van der Waals surface area contributed by atoms with Crippen LogP contribution in [0.1, 0.15) is 33.1 Å². The first-order valence-corrected chi connectivity index (χ1v) is 7.53. The van der Waals surface area contributed by atoms with Crippen molar-refractivity contribution in [3.8, 4) is 5.75 Å². The van der Waals surface area contributed by atoms with E-state index < -0.39 is 0 Å². The second kappa shape index (κ2) is 7.13. The Kier molecular flexibility index (Phi) is 5.49. The molecule has 1 fully saturated rings. The predicted molar refractivity (Wildman–Crippen MR) is 79.6 cm³/mol. The lowest BCUT2D eigenvalue weighted by Crippen LogP contribution is -2.52. The summed E-state index contributed by atoms with van der Waals surface area (Å²) in [5.74, 6) is 0.879. The van der Waals surface area contributed by atoms with Crippen LogP contribution in [0.25, 0.3) is 0 Å². The molecular weight excluding hydrogens is 260 g/mol. The van der Waals surface area contributed by atoms with Crippen LogP contribution < -0.4 is 10.2 Å². The van der Waals surface area contributed by atoms with Crippen LogP contribution in [0.5, 0.6) is 5.75 Å². The lowest BCUT2D eigenvalue weighted by Gasteiger charge is -2.39. The van der Waals surface area contributed by atoms with E-state index in [0.717, 1.165) is 43.1 Å². The fourth-order valence-electron chi connectivity index (χ4n) is 2.65. The van der Waals surface area contributed by atoms with Gasteiger partial charge in [-0.3, -0.25) is 5.43 Å². The molecule has 3 nitrogen and oxygen atoms in total. The van der Waals surface area contributed by atoms with Crippen LogP contribution in [0.3, 0.4) is 0 Å². The monoisotopic (exact) mass is 282 g/mol. The topological polar surface area (TPSA) is 24.5 Å². The molecule has 2 atom stereocenters. The first-order chi connectivity index (χ1) is 9.22. The van der Waals surface area contributed by atoms with E-state index in [1.54, 1.807) is 0 Å². The molecule has 0 aliphatic carbocycles. The Labute approximate surface area is 120 Å². The molecule has 1 saturated heterocycles. The summed E-state index contributed by atoms with van der Waals surface area (Å²) in [6, 6.07) is 8.22. The second-order valence-electron chi connectivity index (χ2n) is 4.99. The third kappa shape index (κ3) is 4.10. The van der Waals surface area contributed by atoms with E-state index >= 15 is 0 Å². The summed E-state index contributed by atoms with van der Waals surface area (Å²) in [4.78, 5) is 0. The molecule has 106 valence electrons. The number of piperidine rings is 1. The van der Waals surface area contributed by atoms with Gasteiger partial charge in [-0.25, -0.2) is 5.01 Å². The van der Waals surface area contributed by atoms with Gasteiger partial charge in [0, 0.05) is 30.6 Å². The van der Waals surface area contributed by atoms with Crippen molar-refractivity contribution >= 4 is 11.6 Å². The number of halogens is 1. The van der Waals surface area contributed by atoms with Crippen LogP contribution in [0.4, 0.5) is 0 Å². The van der Waals surface area contributed by atoms with Gasteiger partial charge >= 0.3 is 0 Å². The maximum Gasteiger partial charge on any atom is 0.121 e. The minimum atomic E-state index is 0.290. The highest BCUT2D eigenvalue weighted by molar-refractivity contribution is 6.30. The van der Waals surface area contributed by atoms with Gasteiger partial charge in [0.25, 0.3) is 0 Å². The number of hydrogen-bond donors (Lipinski definition) is 1. The summed E-state index contributed by atoms with van der Waals surface area (Å²) in [6.07, 6.45) is 3.55. The van der Waals surface area contributed by atoms with Crippen LogP contribution in [-0.2, 0) is 0 Å². The van der Waals surface area contributed by atoms with E-state index in [1.165, 1.54) is 0 Å². The Bertz CT molecular complexity index is 399. The molecule has 1 aliphatic heterocycles. The van der Waals surface area contributed by atoms with Gasteiger partial charge in [-0.1, -0.05) is 31.5 Å². The number of hydrogen-bond acceptors (Lipinski definition) is 3. The number of rotatable bonds is 5. The van der Waals surface area contributed by atoms with Crippen molar-refractivity contribution < 1.29 is 4.74 Å². The first-order valence-electron chi connectivity index (χ1n) is 7.15. The fourth-order valence-corrected chi connectivity index (χ4v) is 2.83. The highest BCUT2D eigenvalue weighted by atomic mass is 35.5. The van der Waals surface area contributed by atoms with E-state index in [1.807, 2.05) is 24.3 Å². The third-order valence-electron chi connectivity index (χ3n) is 3.60. The molecule has 0 saturated carbocycles. The van der Waals surface area contributed by atoms with Crippen molar-refractivity contribution in [2.24, 2.45) is 0 Å². The van der Waals surface area contributed by atoms with E-state index in [2.05, 4.69) is 24.3 Å². The van der Waals surface area contributed by atoms with Crippen molar-refractivity contribution in [2.45, 2.75) is 45.3 Å². The van der Waals surface area contributed by atoms with Gasteiger partial charge < -0.3 is 4.74 Å². The summed E-state index contributed by atoms with van der Waals surface area (Å²) < 4.78 is 6.06. The van der Waals surface area contributed by atoms with Crippen LogP contribution in [0, 0.1) is 0 Å². The van der Waals surface area contributed by atoms with Crippen LogP contribution in [0.2, 0.25) is 5.02 Å². The van der Waals surface area contributed by atoms with Gasteiger partial charge in [0.1, 0.15) is 11.9 Å².